The van der Waals surface area contributed by atoms with Gasteiger partial charge in [0.2, 0.25) is 5.91 Å². The lowest BCUT2D eigenvalue weighted by Gasteiger charge is -2.30. The third-order valence-electron chi connectivity index (χ3n) is 5.98. The molecule has 1 heterocycles. The highest BCUT2D eigenvalue weighted by atomic mass is 19.1. The molecular formula is C29H23FN2O3. The van der Waals surface area contributed by atoms with Crippen LogP contribution in [0.5, 0.6) is 5.75 Å². The van der Waals surface area contributed by atoms with Gasteiger partial charge in [-0.15, -0.1) is 0 Å². The summed E-state index contributed by atoms with van der Waals surface area (Å²) in [7, 11) is 0. The third kappa shape index (κ3) is 4.77. The van der Waals surface area contributed by atoms with Gasteiger partial charge in [-0.1, -0.05) is 78.9 Å². The molecule has 2 amide bonds. The second-order valence-electron chi connectivity index (χ2n) is 8.29. The zero-order chi connectivity index (χ0) is 24.2. The van der Waals surface area contributed by atoms with Crippen molar-refractivity contribution in [1.29, 1.82) is 0 Å². The Morgan fingerprint density at radius 3 is 2.17 bits per heavy atom. The van der Waals surface area contributed by atoms with Gasteiger partial charge in [0, 0.05) is 17.3 Å². The first-order valence-corrected chi connectivity index (χ1v) is 11.3. The van der Waals surface area contributed by atoms with E-state index in [0.29, 0.717) is 22.7 Å². The number of anilines is 2. The minimum Gasteiger partial charge on any atom is -0.481 e. The van der Waals surface area contributed by atoms with Crippen LogP contribution in [0.1, 0.15) is 22.6 Å². The van der Waals surface area contributed by atoms with Crippen molar-refractivity contribution in [2.45, 2.75) is 12.5 Å². The Labute approximate surface area is 202 Å². The maximum atomic E-state index is 14.2. The van der Waals surface area contributed by atoms with Crippen LogP contribution in [0.15, 0.2) is 103 Å². The molecule has 0 fully saturated rings. The summed E-state index contributed by atoms with van der Waals surface area (Å²) in [5.41, 5.74) is 3.26. The monoisotopic (exact) mass is 466 g/mol. The molecule has 0 unspecified atom stereocenters. The Morgan fingerprint density at radius 1 is 0.886 bits per heavy atom. The van der Waals surface area contributed by atoms with Crippen LogP contribution in [-0.4, -0.2) is 18.4 Å². The summed E-state index contributed by atoms with van der Waals surface area (Å²) in [5, 5.41) is 2.99. The van der Waals surface area contributed by atoms with Gasteiger partial charge in [0.05, 0.1) is 18.2 Å². The minimum atomic E-state index is -0.492. The van der Waals surface area contributed by atoms with Crippen molar-refractivity contribution in [2.75, 3.05) is 16.8 Å². The van der Waals surface area contributed by atoms with E-state index in [1.54, 1.807) is 36.4 Å². The van der Waals surface area contributed by atoms with Gasteiger partial charge in [-0.05, 0) is 29.3 Å². The van der Waals surface area contributed by atoms with Crippen LogP contribution in [0.3, 0.4) is 0 Å². The molecule has 0 bridgehead atoms. The van der Waals surface area contributed by atoms with E-state index in [9.17, 15) is 14.0 Å². The van der Waals surface area contributed by atoms with E-state index in [-0.39, 0.29) is 30.8 Å². The quantitative estimate of drug-likeness (QED) is 0.407. The Bertz CT molecular complexity index is 1320. The lowest BCUT2D eigenvalue weighted by molar-refractivity contribution is -0.121. The van der Waals surface area contributed by atoms with Crippen LogP contribution < -0.4 is 15.0 Å². The first-order chi connectivity index (χ1) is 17.1. The van der Waals surface area contributed by atoms with Gasteiger partial charge in [0.25, 0.3) is 5.91 Å². The molecule has 5 rings (SSSR count). The predicted molar refractivity (Wildman–Crippen MR) is 133 cm³/mol. The van der Waals surface area contributed by atoms with Crippen molar-refractivity contribution in [1.82, 2.24) is 0 Å². The van der Waals surface area contributed by atoms with E-state index in [2.05, 4.69) is 5.32 Å². The molecule has 0 aliphatic carbocycles. The van der Waals surface area contributed by atoms with E-state index in [0.717, 1.165) is 11.1 Å². The second-order valence-corrected chi connectivity index (χ2v) is 8.29. The number of amides is 2. The summed E-state index contributed by atoms with van der Waals surface area (Å²) >= 11 is 0. The maximum Gasteiger partial charge on any atom is 0.265 e. The molecule has 4 aromatic carbocycles. The molecule has 0 saturated carbocycles. The van der Waals surface area contributed by atoms with E-state index >= 15 is 0 Å². The van der Waals surface area contributed by atoms with Crippen LogP contribution in [0.25, 0.3) is 0 Å². The largest absolute Gasteiger partial charge is 0.481 e. The van der Waals surface area contributed by atoms with Gasteiger partial charge in [-0.3, -0.25) is 9.59 Å². The number of carbonyl (C=O) groups excluding carboxylic acids is 2. The Kier molecular flexibility index (Phi) is 6.26. The van der Waals surface area contributed by atoms with Crippen molar-refractivity contribution < 1.29 is 18.7 Å². The molecule has 1 aliphatic heterocycles. The lowest BCUT2D eigenvalue weighted by atomic mass is 9.90. The number of fused-ring (bicyclic) bond motifs is 1. The van der Waals surface area contributed by atoms with Crippen LogP contribution in [0.4, 0.5) is 15.8 Å². The van der Waals surface area contributed by atoms with Crippen molar-refractivity contribution in [3.63, 3.8) is 0 Å². The van der Waals surface area contributed by atoms with E-state index in [1.807, 2.05) is 60.7 Å². The number of nitrogens with zero attached hydrogens (tertiary/aromatic N) is 1. The van der Waals surface area contributed by atoms with Gasteiger partial charge in [-0.25, -0.2) is 4.39 Å². The van der Waals surface area contributed by atoms with Crippen molar-refractivity contribution in [3.8, 4) is 5.75 Å². The average Bonchev–Trinajstić information content (AvgIpc) is 2.88. The van der Waals surface area contributed by atoms with Crippen LogP contribution in [0, 0.1) is 5.82 Å². The molecule has 0 spiro atoms. The first kappa shape index (κ1) is 22.3. The predicted octanol–water partition coefficient (Wildman–Crippen LogP) is 5.52. The SMILES string of the molecule is O=C(Nc1ccc2c(c1)OCC(=O)N2Cc1ccccc1F)C(c1ccccc1)c1ccccc1. The topological polar surface area (TPSA) is 58.6 Å². The number of carbonyl (C=O) groups is 2. The van der Waals surface area contributed by atoms with Gasteiger partial charge in [0.1, 0.15) is 11.6 Å². The molecule has 5 nitrogen and oxygen atoms in total. The molecule has 0 radical (unpaired) electrons. The standard InChI is InChI=1S/C29H23FN2O3/c30-24-14-8-7-13-22(24)18-32-25-16-15-23(17-26(25)35-19-27(32)33)31-29(34)28(20-9-3-1-4-10-20)21-11-5-2-6-12-21/h1-17,28H,18-19H2,(H,31,34). The summed E-state index contributed by atoms with van der Waals surface area (Å²) in [5.74, 6) is -0.850. The van der Waals surface area contributed by atoms with Gasteiger partial charge >= 0.3 is 0 Å². The van der Waals surface area contributed by atoms with Crippen molar-refractivity contribution in [3.05, 3.63) is 126 Å². The first-order valence-electron chi connectivity index (χ1n) is 11.3. The molecule has 4 aromatic rings. The summed E-state index contributed by atoms with van der Waals surface area (Å²) in [6.07, 6.45) is 0. The number of halogens is 1. The lowest BCUT2D eigenvalue weighted by Crippen LogP contribution is -2.38. The number of hydrogen-bond acceptors (Lipinski definition) is 3. The number of rotatable bonds is 6. The maximum absolute atomic E-state index is 14.2. The molecular weight excluding hydrogens is 443 g/mol. The Morgan fingerprint density at radius 2 is 1.51 bits per heavy atom. The number of ether oxygens (including phenoxy) is 1. The average molecular weight is 467 g/mol. The summed E-state index contributed by atoms with van der Waals surface area (Å²) in [4.78, 5) is 27.5. The second kappa shape index (κ2) is 9.81. The molecule has 1 N–H and O–H groups in total. The van der Waals surface area contributed by atoms with E-state index in [1.165, 1.54) is 11.0 Å². The Balaban J connectivity index is 1.41. The molecule has 1 aliphatic rings. The zero-order valence-electron chi connectivity index (χ0n) is 18.9. The molecule has 0 atom stereocenters. The van der Waals surface area contributed by atoms with Crippen molar-refractivity contribution in [2.24, 2.45) is 0 Å². The molecule has 174 valence electrons. The van der Waals surface area contributed by atoms with E-state index < -0.39 is 5.92 Å². The van der Waals surface area contributed by atoms with Crippen molar-refractivity contribution >= 4 is 23.2 Å². The number of nitrogens with one attached hydrogen (secondary N) is 1. The fourth-order valence-electron chi connectivity index (χ4n) is 4.25. The highest BCUT2D eigenvalue weighted by Crippen LogP contribution is 2.36. The van der Waals surface area contributed by atoms with Gasteiger partial charge < -0.3 is 15.0 Å². The number of hydrogen-bond donors (Lipinski definition) is 1. The van der Waals surface area contributed by atoms with E-state index in [4.69, 9.17) is 4.74 Å². The van der Waals surface area contributed by atoms with Crippen LogP contribution >= 0.6 is 0 Å². The Hall–Kier alpha value is -4.45. The van der Waals surface area contributed by atoms with Crippen LogP contribution in [0.2, 0.25) is 0 Å². The highest BCUT2D eigenvalue weighted by Gasteiger charge is 2.28. The smallest absolute Gasteiger partial charge is 0.265 e. The summed E-state index contributed by atoms with van der Waals surface area (Å²) in [6.45, 7) is -0.0623. The van der Waals surface area contributed by atoms with Crippen LogP contribution in [-0.2, 0) is 16.1 Å². The van der Waals surface area contributed by atoms with Gasteiger partial charge in [0.15, 0.2) is 6.61 Å². The summed E-state index contributed by atoms with van der Waals surface area (Å²) in [6, 6.07) is 30.7. The number of benzene rings is 4. The fraction of sp³-hybridized carbons (Fsp3) is 0.103. The minimum absolute atomic E-state index is 0.0949. The normalized spacial score (nSPS) is 12.7. The molecule has 6 heteroatoms. The zero-order valence-corrected chi connectivity index (χ0v) is 18.9. The molecule has 0 saturated heterocycles. The third-order valence-corrected chi connectivity index (χ3v) is 5.98. The highest BCUT2D eigenvalue weighted by molar-refractivity contribution is 6.00. The molecule has 35 heavy (non-hydrogen) atoms. The fourth-order valence-corrected chi connectivity index (χ4v) is 4.25. The van der Waals surface area contributed by atoms with Gasteiger partial charge in [-0.2, -0.15) is 0 Å². The molecule has 0 aromatic heterocycles. The summed E-state index contributed by atoms with van der Waals surface area (Å²) < 4.78 is 19.8.